The maximum Gasteiger partial charge on any atom is 0.236 e. The largest absolute Gasteiger partial charge is 0.467 e. The van der Waals surface area contributed by atoms with Gasteiger partial charge in [-0.15, -0.1) is 0 Å². The summed E-state index contributed by atoms with van der Waals surface area (Å²) in [7, 11) is 0. The van der Waals surface area contributed by atoms with Gasteiger partial charge in [-0.05, 0) is 69.7 Å². The predicted molar refractivity (Wildman–Crippen MR) is 119 cm³/mol. The Hall–Kier alpha value is -2.31. The van der Waals surface area contributed by atoms with Crippen LogP contribution in [0.4, 0.5) is 5.69 Å². The Balaban J connectivity index is 1.78. The van der Waals surface area contributed by atoms with Crippen LogP contribution >= 0.6 is 23.8 Å². The number of aryl methyl sites for hydroxylation is 2. The van der Waals surface area contributed by atoms with Gasteiger partial charge in [0, 0.05) is 22.8 Å². The highest BCUT2D eigenvalue weighted by atomic mass is 35.5. The highest BCUT2D eigenvalue weighted by Crippen LogP contribution is 2.49. The smallest absolute Gasteiger partial charge is 0.236 e. The summed E-state index contributed by atoms with van der Waals surface area (Å²) in [4.78, 5) is 15.5. The number of carbonyl (C=O) groups excluding carboxylic acids is 1. The summed E-state index contributed by atoms with van der Waals surface area (Å²) in [5.41, 5.74) is 2.90. The van der Waals surface area contributed by atoms with Gasteiger partial charge in [-0.25, -0.2) is 0 Å². The van der Waals surface area contributed by atoms with Gasteiger partial charge in [-0.1, -0.05) is 29.3 Å². The quantitative estimate of drug-likeness (QED) is 0.700. The Morgan fingerprint density at radius 3 is 2.76 bits per heavy atom. The number of thiocarbonyl (C=S) groups is 1. The average Bonchev–Trinajstić information content (AvgIpc) is 2.64. The maximum absolute atomic E-state index is 13.6. The van der Waals surface area contributed by atoms with Gasteiger partial charge in [-0.2, -0.15) is 0 Å². The lowest BCUT2D eigenvalue weighted by Crippen LogP contribution is -2.71. The number of anilines is 1. The van der Waals surface area contributed by atoms with Gasteiger partial charge in [0.25, 0.3) is 0 Å². The number of amides is 1. The molecule has 2 aromatic carbocycles. The lowest BCUT2D eigenvalue weighted by molar-refractivity contribution is -0.148. The van der Waals surface area contributed by atoms with Crippen LogP contribution in [0.2, 0.25) is 5.02 Å². The molecule has 1 amide bonds. The topological polar surface area (TPSA) is 53.6 Å². The molecule has 5 nitrogen and oxygen atoms in total. The fourth-order valence-electron chi connectivity index (χ4n) is 4.44. The fourth-order valence-corrected chi connectivity index (χ4v) is 5.06. The molecule has 1 fully saturated rings. The van der Waals surface area contributed by atoms with Crippen molar-refractivity contribution in [1.29, 1.82) is 0 Å². The van der Waals surface area contributed by atoms with Crippen LogP contribution in [0.15, 0.2) is 36.4 Å². The molecule has 2 aromatic rings. The summed E-state index contributed by atoms with van der Waals surface area (Å²) in [6, 6.07) is 11.1. The van der Waals surface area contributed by atoms with Gasteiger partial charge in [0.2, 0.25) is 5.91 Å². The predicted octanol–water partition coefficient (Wildman–Crippen LogP) is 4.57. The van der Waals surface area contributed by atoms with E-state index in [2.05, 4.69) is 16.7 Å². The van der Waals surface area contributed by atoms with Crippen LogP contribution in [0.1, 0.15) is 36.6 Å². The first-order chi connectivity index (χ1) is 13.7. The van der Waals surface area contributed by atoms with Crippen LogP contribution in [-0.4, -0.2) is 28.2 Å². The second-order valence-corrected chi connectivity index (χ2v) is 8.62. The molecule has 0 spiro atoms. The lowest BCUT2D eigenvalue weighted by atomic mass is 9.78. The Morgan fingerprint density at radius 1 is 1.31 bits per heavy atom. The molecule has 29 heavy (non-hydrogen) atoms. The first-order valence-electron chi connectivity index (χ1n) is 9.69. The molecule has 2 N–H and O–H groups in total. The van der Waals surface area contributed by atoms with Crippen molar-refractivity contribution in [3.63, 3.8) is 0 Å². The molecule has 0 unspecified atom stereocenters. The summed E-state index contributed by atoms with van der Waals surface area (Å²) >= 11 is 11.8. The number of carbonyl (C=O) groups is 1. The molecule has 2 bridgehead atoms. The van der Waals surface area contributed by atoms with Crippen LogP contribution in [0, 0.1) is 19.8 Å². The van der Waals surface area contributed by atoms with E-state index in [0.717, 1.165) is 22.4 Å². The summed E-state index contributed by atoms with van der Waals surface area (Å²) < 4.78 is 6.42. The average molecular weight is 430 g/mol. The molecule has 4 rings (SSSR count). The third-order valence-electron chi connectivity index (χ3n) is 5.83. The summed E-state index contributed by atoms with van der Waals surface area (Å²) in [6.07, 6.45) is 0. The number of nitrogens with one attached hydrogen (secondary N) is 2. The van der Waals surface area contributed by atoms with E-state index in [1.54, 1.807) is 6.07 Å². The van der Waals surface area contributed by atoms with E-state index in [9.17, 15) is 4.79 Å². The monoisotopic (exact) mass is 429 g/mol. The molecular formula is C22H24ClN3O2S. The molecule has 7 heteroatoms. The Labute approximate surface area is 181 Å². The van der Waals surface area contributed by atoms with Crippen molar-refractivity contribution in [2.24, 2.45) is 5.92 Å². The van der Waals surface area contributed by atoms with Gasteiger partial charge in [-0.3, -0.25) is 4.79 Å². The van der Waals surface area contributed by atoms with Gasteiger partial charge < -0.3 is 20.3 Å². The second-order valence-electron chi connectivity index (χ2n) is 7.80. The Kier molecular flexibility index (Phi) is 4.95. The van der Waals surface area contributed by atoms with Gasteiger partial charge in [0.15, 0.2) is 10.8 Å². The van der Waals surface area contributed by atoms with Crippen molar-refractivity contribution >= 4 is 40.5 Å². The zero-order chi connectivity index (χ0) is 20.9. The zero-order valence-corrected chi connectivity index (χ0v) is 18.4. The van der Waals surface area contributed by atoms with Crippen molar-refractivity contribution in [3.8, 4) is 5.75 Å². The molecule has 0 radical (unpaired) electrons. The number of rotatable bonds is 3. The van der Waals surface area contributed by atoms with Crippen LogP contribution in [0.5, 0.6) is 5.75 Å². The standard InChI is InChI=1S/C22H24ClN3O2S/c1-5-26-21(29)25-19-15-11-14(23)7-9-17(15)28-22(26,4)18(19)20(27)24-16-8-6-12(2)10-13(16)3/h6-11,18-19H,5H2,1-4H3,(H,24,27)(H,25,29)/t18-,19+,22-/m0/s1. The maximum atomic E-state index is 13.6. The molecule has 1 saturated heterocycles. The van der Waals surface area contributed by atoms with Crippen molar-refractivity contribution in [2.75, 3.05) is 11.9 Å². The first kappa shape index (κ1) is 20.0. The highest BCUT2D eigenvalue weighted by Gasteiger charge is 2.58. The van der Waals surface area contributed by atoms with E-state index < -0.39 is 11.6 Å². The van der Waals surface area contributed by atoms with Gasteiger partial charge >= 0.3 is 0 Å². The summed E-state index contributed by atoms with van der Waals surface area (Å²) in [5, 5.41) is 7.62. The number of hydrogen-bond acceptors (Lipinski definition) is 3. The number of fused-ring (bicyclic) bond motifs is 4. The van der Waals surface area contributed by atoms with Crippen LogP contribution < -0.4 is 15.4 Å². The van der Waals surface area contributed by atoms with Crippen LogP contribution in [-0.2, 0) is 4.79 Å². The van der Waals surface area contributed by atoms with Crippen molar-refractivity contribution < 1.29 is 9.53 Å². The van der Waals surface area contributed by atoms with Crippen molar-refractivity contribution in [2.45, 2.75) is 39.5 Å². The number of benzene rings is 2. The molecule has 0 aliphatic carbocycles. The van der Waals surface area contributed by atoms with Crippen LogP contribution in [0.3, 0.4) is 0 Å². The molecule has 152 valence electrons. The molecular weight excluding hydrogens is 406 g/mol. The number of halogens is 1. The van der Waals surface area contributed by atoms with E-state index in [1.807, 2.05) is 56.9 Å². The number of nitrogens with zero attached hydrogens (tertiary/aromatic N) is 1. The number of ether oxygens (including phenoxy) is 1. The van der Waals surface area contributed by atoms with Crippen molar-refractivity contribution in [1.82, 2.24) is 10.2 Å². The lowest BCUT2D eigenvalue weighted by Gasteiger charge is -2.56. The number of hydrogen-bond donors (Lipinski definition) is 2. The van der Waals surface area contributed by atoms with Crippen LogP contribution in [0.25, 0.3) is 0 Å². The molecule has 0 saturated carbocycles. The van der Waals surface area contributed by atoms with Crippen molar-refractivity contribution in [3.05, 3.63) is 58.1 Å². The Bertz CT molecular complexity index is 1010. The van der Waals surface area contributed by atoms with E-state index >= 15 is 0 Å². The molecule has 2 heterocycles. The van der Waals surface area contributed by atoms with Gasteiger partial charge in [0.05, 0.1) is 6.04 Å². The molecule has 0 aromatic heterocycles. The molecule has 2 aliphatic heterocycles. The molecule has 3 atom stereocenters. The minimum absolute atomic E-state index is 0.122. The highest BCUT2D eigenvalue weighted by molar-refractivity contribution is 7.80. The van der Waals surface area contributed by atoms with Gasteiger partial charge in [0.1, 0.15) is 11.7 Å². The van der Waals surface area contributed by atoms with E-state index in [0.29, 0.717) is 22.4 Å². The second kappa shape index (κ2) is 7.18. The third-order valence-corrected chi connectivity index (χ3v) is 6.41. The minimum atomic E-state index is -0.911. The molecule has 2 aliphatic rings. The van der Waals surface area contributed by atoms with E-state index in [1.165, 1.54) is 0 Å². The Morgan fingerprint density at radius 2 is 2.07 bits per heavy atom. The summed E-state index contributed by atoms with van der Waals surface area (Å²) in [6.45, 7) is 8.57. The minimum Gasteiger partial charge on any atom is -0.467 e. The fraction of sp³-hybridized carbons (Fsp3) is 0.364. The first-order valence-corrected chi connectivity index (χ1v) is 10.5. The van der Waals surface area contributed by atoms with E-state index in [4.69, 9.17) is 28.6 Å². The SMILES string of the molecule is CCN1C(=S)N[C@@H]2c3cc(Cl)ccc3O[C@@]1(C)[C@@H]2C(=O)Nc1ccc(C)cc1C. The zero-order valence-electron chi connectivity index (χ0n) is 16.9. The van der Waals surface area contributed by atoms with E-state index in [-0.39, 0.29) is 11.9 Å². The summed E-state index contributed by atoms with van der Waals surface area (Å²) in [5.74, 6) is 0.0651. The third kappa shape index (κ3) is 3.24. The normalized spacial score (nSPS) is 25.0.